The molecule has 0 unspecified atom stereocenters. The molecule has 0 fully saturated rings. The van der Waals surface area contributed by atoms with Gasteiger partial charge in [-0.2, -0.15) is 5.10 Å². The van der Waals surface area contributed by atoms with Crippen LogP contribution in [0.4, 0.5) is 5.82 Å². The van der Waals surface area contributed by atoms with Crippen LogP contribution >= 0.6 is 23.2 Å². The summed E-state index contributed by atoms with van der Waals surface area (Å²) in [5, 5.41) is 5.68. The van der Waals surface area contributed by atoms with Gasteiger partial charge in [-0.25, -0.2) is 4.68 Å². The summed E-state index contributed by atoms with van der Waals surface area (Å²) >= 11 is 12.0. The molecule has 5 heteroatoms. The number of hydrogen-bond donors (Lipinski definition) is 1. The van der Waals surface area contributed by atoms with E-state index in [1.807, 2.05) is 32.9 Å². The van der Waals surface area contributed by atoms with Crippen molar-refractivity contribution in [2.45, 2.75) is 26.3 Å². The summed E-state index contributed by atoms with van der Waals surface area (Å²) in [6, 6.07) is 7.15. The van der Waals surface area contributed by atoms with Crippen LogP contribution in [0.3, 0.4) is 0 Å². The van der Waals surface area contributed by atoms with Crippen molar-refractivity contribution in [3.8, 4) is 11.3 Å². The van der Waals surface area contributed by atoms with Gasteiger partial charge in [0.05, 0.1) is 16.3 Å². The molecule has 0 saturated heterocycles. The SMILES string of the molecule is CC(C)(C)n1nc(-c2ccc(Cl)cc2Cl)cc1N. The molecular weight excluding hydrogens is 269 g/mol. The first-order chi connectivity index (χ1) is 8.29. The van der Waals surface area contributed by atoms with E-state index < -0.39 is 0 Å². The fraction of sp³-hybridized carbons (Fsp3) is 0.308. The van der Waals surface area contributed by atoms with E-state index in [-0.39, 0.29) is 5.54 Å². The fourth-order valence-corrected chi connectivity index (χ4v) is 2.27. The monoisotopic (exact) mass is 283 g/mol. The first-order valence-corrected chi connectivity index (χ1v) is 6.36. The van der Waals surface area contributed by atoms with E-state index in [1.165, 1.54) is 0 Å². The first-order valence-electron chi connectivity index (χ1n) is 5.60. The molecule has 0 bridgehead atoms. The largest absolute Gasteiger partial charge is 0.384 e. The number of nitrogens with two attached hydrogens (primary N) is 1. The molecule has 0 radical (unpaired) electrons. The predicted octanol–water partition coefficient (Wildman–Crippen LogP) is 4.19. The van der Waals surface area contributed by atoms with Gasteiger partial charge in [0, 0.05) is 16.7 Å². The summed E-state index contributed by atoms with van der Waals surface area (Å²) in [6.07, 6.45) is 0. The van der Waals surface area contributed by atoms with E-state index in [1.54, 1.807) is 16.8 Å². The molecule has 0 aliphatic heterocycles. The van der Waals surface area contributed by atoms with Gasteiger partial charge in [-0.3, -0.25) is 0 Å². The molecule has 0 atom stereocenters. The number of aromatic nitrogens is 2. The van der Waals surface area contributed by atoms with Crippen LogP contribution in [0.1, 0.15) is 20.8 Å². The smallest absolute Gasteiger partial charge is 0.122 e. The second kappa shape index (κ2) is 4.48. The molecule has 3 nitrogen and oxygen atoms in total. The predicted molar refractivity (Wildman–Crippen MR) is 77.1 cm³/mol. The molecular formula is C13H15Cl2N3. The molecule has 2 aromatic rings. The lowest BCUT2D eigenvalue weighted by atomic mass is 10.1. The van der Waals surface area contributed by atoms with Gasteiger partial charge in [-0.1, -0.05) is 23.2 Å². The number of rotatable bonds is 1. The number of halogens is 2. The highest BCUT2D eigenvalue weighted by Crippen LogP contribution is 2.31. The molecule has 0 saturated carbocycles. The van der Waals surface area contributed by atoms with Gasteiger partial charge in [-0.15, -0.1) is 0 Å². The third kappa shape index (κ3) is 2.47. The van der Waals surface area contributed by atoms with Gasteiger partial charge in [-0.05, 0) is 39.0 Å². The molecule has 2 rings (SSSR count). The van der Waals surface area contributed by atoms with Gasteiger partial charge in [0.2, 0.25) is 0 Å². The molecule has 1 heterocycles. The maximum Gasteiger partial charge on any atom is 0.122 e. The zero-order valence-electron chi connectivity index (χ0n) is 10.5. The Morgan fingerprint density at radius 1 is 1.17 bits per heavy atom. The molecule has 0 aliphatic rings. The van der Waals surface area contributed by atoms with Crippen molar-refractivity contribution >= 4 is 29.0 Å². The Morgan fingerprint density at radius 3 is 2.33 bits per heavy atom. The summed E-state index contributed by atoms with van der Waals surface area (Å²) in [4.78, 5) is 0. The Bertz CT molecular complexity index is 582. The van der Waals surface area contributed by atoms with Gasteiger partial charge >= 0.3 is 0 Å². The lowest BCUT2D eigenvalue weighted by Gasteiger charge is -2.20. The second-order valence-corrected chi connectivity index (χ2v) is 6.00. The Hall–Kier alpha value is -1.19. The molecule has 0 spiro atoms. The lowest BCUT2D eigenvalue weighted by molar-refractivity contribution is 0.362. The van der Waals surface area contributed by atoms with Crippen LogP contribution in [0, 0.1) is 0 Å². The molecule has 0 amide bonds. The second-order valence-electron chi connectivity index (χ2n) is 5.16. The van der Waals surface area contributed by atoms with Crippen LogP contribution in [0.5, 0.6) is 0 Å². The number of anilines is 1. The van der Waals surface area contributed by atoms with Crippen molar-refractivity contribution in [3.63, 3.8) is 0 Å². The van der Waals surface area contributed by atoms with Crippen molar-refractivity contribution in [1.82, 2.24) is 9.78 Å². The highest BCUT2D eigenvalue weighted by molar-refractivity contribution is 6.36. The molecule has 1 aromatic carbocycles. The zero-order valence-corrected chi connectivity index (χ0v) is 12.0. The number of hydrogen-bond acceptors (Lipinski definition) is 2. The van der Waals surface area contributed by atoms with Crippen LogP contribution in [0.2, 0.25) is 10.0 Å². The average Bonchev–Trinajstić information content (AvgIpc) is 2.59. The summed E-state index contributed by atoms with van der Waals surface area (Å²) in [5.74, 6) is 0.614. The molecule has 1 aromatic heterocycles. The highest BCUT2D eigenvalue weighted by Gasteiger charge is 2.19. The van der Waals surface area contributed by atoms with E-state index in [0.717, 1.165) is 11.3 Å². The standard InChI is InChI=1S/C13H15Cl2N3/c1-13(2,3)18-12(16)7-11(17-18)9-5-4-8(14)6-10(9)15/h4-7H,16H2,1-3H3. The van der Waals surface area contributed by atoms with Crippen molar-refractivity contribution in [1.29, 1.82) is 0 Å². The average molecular weight is 284 g/mol. The van der Waals surface area contributed by atoms with Gasteiger partial charge in [0.25, 0.3) is 0 Å². The van der Waals surface area contributed by atoms with Crippen LogP contribution in [0.15, 0.2) is 24.3 Å². The van der Waals surface area contributed by atoms with Gasteiger partial charge in [0.15, 0.2) is 0 Å². The minimum atomic E-state index is -0.165. The van der Waals surface area contributed by atoms with E-state index in [2.05, 4.69) is 5.10 Å². The topological polar surface area (TPSA) is 43.8 Å². The summed E-state index contributed by atoms with van der Waals surface area (Å²) in [5.41, 5.74) is 7.39. The van der Waals surface area contributed by atoms with E-state index in [4.69, 9.17) is 28.9 Å². The molecule has 18 heavy (non-hydrogen) atoms. The fourth-order valence-electron chi connectivity index (χ4n) is 1.76. The van der Waals surface area contributed by atoms with Crippen LogP contribution in [-0.4, -0.2) is 9.78 Å². The number of benzene rings is 1. The Morgan fingerprint density at radius 2 is 1.83 bits per heavy atom. The Labute approximate surface area is 117 Å². The minimum absolute atomic E-state index is 0.165. The zero-order chi connectivity index (χ0) is 13.5. The molecule has 0 aliphatic carbocycles. The van der Waals surface area contributed by atoms with Crippen molar-refractivity contribution in [3.05, 3.63) is 34.3 Å². The first kappa shape index (κ1) is 13.2. The number of nitrogen functional groups attached to an aromatic ring is 1. The molecule has 96 valence electrons. The third-order valence-corrected chi connectivity index (χ3v) is 3.13. The van der Waals surface area contributed by atoms with Crippen LogP contribution in [-0.2, 0) is 5.54 Å². The van der Waals surface area contributed by atoms with E-state index in [0.29, 0.717) is 15.9 Å². The third-order valence-electron chi connectivity index (χ3n) is 2.58. The summed E-state index contributed by atoms with van der Waals surface area (Å²) in [6.45, 7) is 6.14. The maximum atomic E-state index is 6.17. The minimum Gasteiger partial charge on any atom is -0.384 e. The highest BCUT2D eigenvalue weighted by atomic mass is 35.5. The van der Waals surface area contributed by atoms with Crippen molar-refractivity contribution in [2.24, 2.45) is 0 Å². The Balaban J connectivity index is 2.53. The van der Waals surface area contributed by atoms with Crippen LogP contribution in [0.25, 0.3) is 11.3 Å². The van der Waals surface area contributed by atoms with Crippen molar-refractivity contribution < 1.29 is 0 Å². The summed E-state index contributed by atoms with van der Waals surface area (Å²) < 4.78 is 1.78. The quantitative estimate of drug-likeness (QED) is 0.853. The van der Waals surface area contributed by atoms with Crippen molar-refractivity contribution in [2.75, 3.05) is 5.73 Å². The van der Waals surface area contributed by atoms with Gasteiger partial charge in [0.1, 0.15) is 5.82 Å². The Kier molecular flexibility index (Phi) is 3.30. The van der Waals surface area contributed by atoms with Gasteiger partial charge < -0.3 is 5.73 Å². The number of nitrogens with zero attached hydrogens (tertiary/aromatic N) is 2. The maximum absolute atomic E-state index is 6.17. The lowest BCUT2D eigenvalue weighted by Crippen LogP contribution is -2.24. The van der Waals surface area contributed by atoms with E-state index >= 15 is 0 Å². The normalized spacial score (nSPS) is 11.8. The van der Waals surface area contributed by atoms with Crippen LogP contribution < -0.4 is 5.73 Å². The molecule has 2 N–H and O–H groups in total. The summed E-state index contributed by atoms with van der Waals surface area (Å²) in [7, 11) is 0. The van der Waals surface area contributed by atoms with E-state index in [9.17, 15) is 0 Å².